The minimum absolute atomic E-state index is 0.0113. The largest absolute Gasteiger partial charge is 0.507 e. The van der Waals surface area contributed by atoms with Crippen LogP contribution >= 0.6 is 12.2 Å². The Balaban J connectivity index is 2.90. The molecule has 1 aromatic rings. The normalized spacial score (nSPS) is 11.9. The summed E-state index contributed by atoms with van der Waals surface area (Å²) in [5.74, 6) is -0.381. The lowest BCUT2D eigenvalue weighted by Gasteiger charge is -2.16. The Morgan fingerprint density at radius 3 is 2.76 bits per heavy atom. The van der Waals surface area contributed by atoms with Gasteiger partial charge in [-0.15, -0.1) is 0 Å². The van der Waals surface area contributed by atoms with Crippen LogP contribution in [0.1, 0.15) is 29.3 Å². The summed E-state index contributed by atoms with van der Waals surface area (Å²) in [5.41, 5.74) is 6.39. The van der Waals surface area contributed by atoms with E-state index in [4.69, 9.17) is 18.0 Å². The van der Waals surface area contributed by atoms with E-state index >= 15 is 0 Å². The van der Waals surface area contributed by atoms with Gasteiger partial charge in [0.2, 0.25) is 0 Å². The van der Waals surface area contributed by atoms with Crippen molar-refractivity contribution in [1.82, 2.24) is 5.32 Å². The molecule has 0 heterocycles. The molecule has 5 heteroatoms. The van der Waals surface area contributed by atoms with E-state index in [1.807, 2.05) is 6.92 Å². The molecule has 92 valence electrons. The molecule has 1 atom stereocenters. The highest BCUT2D eigenvalue weighted by Gasteiger charge is 2.17. The third-order valence-electron chi connectivity index (χ3n) is 2.54. The quantitative estimate of drug-likeness (QED) is 0.710. The number of hydrogen-bond donors (Lipinski definition) is 3. The maximum absolute atomic E-state index is 11.9. The first-order valence-electron chi connectivity index (χ1n) is 5.36. The van der Waals surface area contributed by atoms with E-state index in [0.717, 1.165) is 0 Å². The molecule has 4 nitrogen and oxygen atoms in total. The molecule has 1 unspecified atom stereocenters. The number of aromatic hydroxyl groups is 1. The van der Waals surface area contributed by atoms with E-state index in [2.05, 4.69) is 5.32 Å². The van der Waals surface area contributed by atoms with E-state index in [1.54, 1.807) is 25.1 Å². The molecule has 0 saturated heterocycles. The average Bonchev–Trinajstić information content (AvgIpc) is 2.28. The maximum Gasteiger partial charge on any atom is 0.255 e. The molecule has 1 aromatic carbocycles. The number of aryl methyl sites for hydroxylation is 1. The lowest BCUT2D eigenvalue weighted by molar-refractivity contribution is 0.0943. The summed E-state index contributed by atoms with van der Waals surface area (Å²) in [4.78, 5) is 12.1. The molecule has 17 heavy (non-hydrogen) atoms. The first-order valence-corrected chi connectivity index (χ1v) is 5.77. The Kier molecular flexibility index (Phi) is 4.45. The third-order valence-corrected chi connectivity index (χ3v) is 2.82. The lowest BCUT2D eigenvalue weighted by atomic mass is 10.1. The number of rotatable bonds is 4. The van der Waals surface area contributed by atoms with Gasteiger partial charge in [-0.1, -0.05) is 31.3 Å². The topological polar surface area (TPSA) is 75.3 Å². The number of carbonyl (C=O) groups is 1. The van der Waals surface area contributed by atoms with Crippen LogP contribution in [0, 0.1) is 6.92 Å². The number of hydrogen-bond acceptors (Lipinski definition) is 3. The molecule has 0 radical (unpaired) electrons. The number of amides is 1. The van der Waals surface area contributed by atoms with Crippen molar-refractivity contribution in [2.75, 3.05) is 0 Å². The Morgan fingerprint density at radius 1 is 1.59 bits per heavy atom. The van der Waals surface area contributed by atoms with Crippen molar-refractivity contribution in [2.45, 2.75) is 26.3 Å². The fourth-order valence-electron chi connectivity index (χ4n) is 1.45. The van der Waals surface area contributed by atoms with Crippen molar-refractivity contribution in [2.24, 2.45) is 5.73 Å². The van der Waals surface area contributed by atoms with Crippen LogP contribution in [0.25, 0.3) is 0 Å². The predicted octanol–water partition coefficient (Wildman–Crippen LogP) is 1.50. The van der Waals surface area contributed by atoms with E-state index < -0.39 is 0 Å². The van der Waals surface area contributed by atoms with Gasteiger partial charge in [0.25, 0.3) is 5.91 Å². The van der Waals surface area contributed by atoms with Gasteiger partial charge in [-0.25, -0.2) is 0 Å². The highest BCUT2D eigenvalue weighted by molar-refractivity contribution is 7.80. The number of phenols is 1. The van der Waals surface area contributed by atoms with E-state index in [1.165, 1.54) is 0 Å². The molecule has 0 aromatic heterocycles. The lowest BCUT2D eigenvalue weighted by Crippen LogP contribution is -2.43. The van der Waals surface area contributed by atoms with Gasteiger partial charge < -0.3 is 16.2 Å². The second-order valence-electron chi connectivity index (χ2n) is 3.81. The SMILES string of the molecule is CCC(NC(=O)c1cccc(C)c1O)C(N)=S. The zero-order valence-electron chi connectivity index (χ0n) is 9.86. The van der Waals surface area contributed by atoms with Crippen molar-refractivity contribution in [3.05, 3.63) is 29.3 Å². The zero-order chi connectivity index (χ0) is 13.0. The Labute approximate surface area is 106 Å². The highest BCUT2D eigenvalue weighted by atomic mass is 32.1. The predicted molar refractivity (Wildman–Crippen MR) is 71.2 cm³/mol. The molecular weight excluding hydrogens is 236 g/mol. The number of para-hydroxylation sites is 1. The van der Waals surface area contributed by atoms with Crippen molar-refractivity contribution in [3.8, 4) is 5.75 Å². The van der Waals surface area contributed by atoms with Gasteiger partial charge in [0, 0.05) is 0 Å². The molecule has 0 spiro atoms. The van der Waals surface area contributed by atoms with E-state index in [-0.39, 0.29) is 28.3 Å². The van der Waals surface area contributed by atoms with Gasteiger partial charge in [0.05, 0.1) is 16.6 Å². The van der Waals surface area contributed by atoms with Crippen LogP contribution in [0.4, 0.5) is 0 Å². The van der Waals surface area contributed by atoms with Gasteiger partial charge in [0.15, 0.2) is 0 Å². The molecule has 0 aliphatic heterocycles. The molecule has 0 saturated carbocycles. The van der Waals surface area contributed by atoms with Gasteiger partial charge >= 0.3 is 0 Å². The summed E-state index contributed by atoms with van der Waals surface area (Å²) in [6.07, 6.45) is 0.619. The molecule has 0 aliphatic rings. The maximum atomic E-state index is 11.9. The average molecular weight is 252 g/mol. The first-order chi connectivity index (χ1) is 7.97. The fraction of sp³-hybridized carbons (Fsp3) is 0.333. The van der Waals surface area contributed by atoms with Crippen LogP contribution < -0.4 is 11.1 Å². The van der Waals surface area contributed by atoms with Crippen LogP contribution in [0.3, 0.4) is 0 Å². The second-order valence-corrected chi connectivity index (χ2v) is 4.28. The monoisotopic (exact) mass is 252 g/mol. The number of nitrogens with two attached hydrogens (primary N) is 1. The summed E-state index contributed by atoms with van der Waals surface area (Å²) in [6.45, 7) is 3.61. The van der Waals surface area contributed by atoms with Crippen LogP contribution in [0.2, 0.25) is 0 Å². The highest BCUT2D eigenvalue weighted by Crippen LogP contribution is 2.21. The molecule has 4 N–H and O–H groups in total. The Morgan fingerprint density at radius 2 is 2.24 bits per heavy atom. The molecule has 0 aliphatic carbocycles. The van der Waals surface area contributed by atoms with Gasteiger partial charge in [-0.05, 0) is 25.0 Å². The zero-order valence-corrected chi connectivity index (χ0v) is 10.7. The van der Waals surface area contributed by atoms with Gasteiger partial charge in [0.1, 0.15) is 5.75 Å². The van der Waals surface area contributed by atoms with E-state index in [9.17, 15) is 9.90 Å². The summed E-state index contributed by atoms with van der Waals surface area (Å²) < 4.78 is 0. The summed E-state index contributed by atoms with van der Waals surface area (Å²) in [5, 5.41) is 12.5. The second kappa shape index (κ2) is 5.63. The van der Waals surface area contributed by atoms with Crippen molar-refractivity contribution < 1.29 is 9.90 Å². The number of nitrogens with one attached hydrogen (secondary N) is 1. The van der Waals surface area contributed by atoms with Crippen molar-refractivity contribution >= 4 is 23.1 Å². The van der Waals surface area contributed by atoms with Crippen molar-refractivity contribution in [1.29, 1.82) is 0 Å². The van der Waals surface area contributed by atoms with Crippen LogP contribution in [-0.4, -0.2) is 22.0 Å². The van der Waals surface area contributed by atoms with Gasteiger partial charge in [-0.2, -0.15) is 0 Å². The standard InChI is InChI=1S/C12H16N2O2S/c1-3-9(11(13)17)14-12(16)8-6-4-5-7(2)10(8)15/h4-6,9,15H,3H2,1-2H3,(H2,13,17)(H,14,16). The van der Waals surface area contributed by atoms with Crippen LogP contribution in [0.15, 0.2) is 18.2 Å². The first kappa shape index (κ1) is 13.4. The van der Waals surface area contributed by atoms with Crippen molar-refractivity contribution in [3.63, 3.8) is 0 Å². The summed E-state index contributed by atoms with van der Waals surface area (Å²) in [7, 11) is 0. The Bertz CT molecular complexity index is 446. The summed E-state index contributed by atoms with van der Waals surface area (Å²) >= 11 is 4.84. The number of thiocarbonyl (C=S) groups is 1. The fourth-order valence-corrected chi connectivity index (χ4v) is 1.68. The van der Waals surface area contributed by atoms with Crippen LogP contribution in [-0.2, 0) is 0 Å². The number of phenolic OH excluding ortho intramolecular Hbond substituents is 1. The summed E-state index contributed by atoms with van der Waals surface area (Å²) in [6, 6.07) is 4.66. The van der Waals surface area contributed by atoms with Gasteiger partial charge in [-0.3, -0.25) is 4.79 Å². The molecular formula is C12H16N2O2S. The van der Waals surface area contributed by atoms with E-state index in [0.29, 0.717) is 12.0 Å². The minimum Gasteiger partial charge on any atom is -0.507 e. The Hall–Kier alpha value is -1.62. The molecule has 0 bridgehead atoms. The smallest absolute Gasteiger partial charge is 0.255 e. The third kappa shape index (κ3) is 3.17. The molecule has 1 rings (SSSR count). The molecule has 1 amide bonds. The minimum atomic E-state index is -0.370. The molecule has 0 fully saturated rings. The van der Waals surface area contributed by atoms with Crippen LogP contribution in [0.5, 0.6) is 5.75 Å². The number of carbonyl (C=O) groups excluding carboxylic acids is 1. The number of benzene rings is 1.